The summed E-state index contributed by atoms with van der Waals surface area (Å²) >= 11 is 1.34. The van der Waals surface area contributed by atoms with Crippen LogP contribution in [-0.2, 0) is 29.0 Å². The number of anilines is 1. The molecule has 1 aromatic heterocycles. The van der Waals surface area contributed by atoms with E-state index in [1.165, 1.54) is 11.3 Å². The molecule has 0 spiro atoms. The Morgan fingerprint density at radius 3 is 2.23 bits per heavy atom. The van der Waals surface area contributed by atoms with Crippen LogP contribution in [0.2, 0.25) is 0 Å². The molecule has 0 bridgehead atoms. The van der Waals surface area contributed by atoms with Gasteiger partial charge in [-0.25, -0.2) is 4.79 Å². The summed E-state index contributed by atoms with van der Waals surface area (Å²) in [6.45, 7) is 4.32. The zero-order chi connectivity index (χ0) is 22.1. The number of nitrogens with zero attached hydrogens (tertiary/aromatic N) is 2. The van der Waals surface area contributed by atoms with Crippen LogP contribution in [0, 0.1) is 5.92 Å². The molecule has 0 aliphatic carbocycles. The maximum atomic E-state index is 12.9. The molecule has 0 saturated heterocycles. The van der Waals surface area contributed by atoms with Crippen molar-refractivity contribution in [1.29, 1.82) is 0 Å². The van der Waals surface area contributed by atoms with E-state index in [4.69, 9.17) is 4.74 Å². The number of carbonyl (C=O) groups is 2. The van der Waals surface area contributed by atoms with Crippen molar-refractivity contribution in [3.05, 3.63) is 76.8 Å². The third-order valence-corrected chi connectivity index (χ3v) is 5.24. The van der Waals surface area contributed by atoms with Crippen LogP contribution in [0.4, 0.5) is 9.93 Å². The zero-order valence-electron chi connectivity index (χ0n) is 17.6. The fourth-order valence-corrected chi connectivity index (χ4v) is 3.85. The first-order valence-electron chi connectivity index (χ1n) is 10.1. The van der Waals surface area contributed by atoms with Crippen LogP contribution in [0.3, 0.4) is 0 Å². The average molecular weight is 439 g/mol. The molecule has 3 aromatic rings. The molecule has 0 aliphatic heterocycles. The highest BCUT2D eigenvalue weighted by atomic mass is 32.1. The van der Waals surface area contributed by atoms with Crippen LogP contribution in [0.15, 0.2) is 60.7 Å². The molecule has 0 fully saturated rings. The largest absolute Gasteiger partial charge is 0.445 e. The van der Waals surface area contributed by atoms with Gasteiger partial charge in [-0.1, -0.05) is 85.8 Å². The van der Waals surface area contributed by atoms with Crippen molar-refractivity contribution >= 4 is 28.5 Å². The van der Waals surface area contributed by atoms with Crippen molar-refractivity contribution in [1.82, 2.24) is 15.5 Å². The molecule has 0 saturated carbocycles. The van der Waals surface area contributed by atoms with Gasteiger partial charge in [-0.3, -0.25) is 10.1 Å². The molecular weight excluding hydrogens is 412 g/mol. The highest BCUT2D eigenvalue weighted by Crippen LogP contribution is 2.19. The Kier molecular flexibility index (Phi) is 8.12. The predicted octanol–water partition coefficient (Wildman–Crippen LogP) is 4.21. The summed E-state index contributed by atoms with van der Waals surface area (Å²) in [5.41, 5.74) is 1.79. The van der Waals surface area contributed by atoms with Crippen molar-refractivity contribution in [2.75, 3.05) is 5.32 Å². The van der Waals surface area contributed by atoms with Gasteiger partial charge in [0.2, 0.25) is 11.0 Å². The molecule has 2 N–H and O–H groups in total. The first-order valence-corrected chi connectivity index (χ1v) is 11.0. The van der Waals surface area contributed by atoms with Gasteiger partial charge in [-0.2, -0.15) is 0 Å². The standard InChI is InChI=1S/C23H26N4O3S/c1-16(2)13-20-26-27-22(31-20)25-21(28)19(14-17-9-5-3-6-10-17)24-23(29)30-15-18-11-7-4-8-12-18/h3-12,16,19H,13-15H2,1-2H3,(H,24,29)(H,25,27,28)/t19-/m0/s1. The molecular formula is C23H26N4O3S. The Bertz CT molecular complexity index is 977. The summed E-state index contributed by atoms with van der Waals surface area (Å²) in [5.74, 6) is 0.0798. The topological polar surface area (TPSA) is 93.2 Å². The quantitative estimate of drug-likeness (QED) is 0.522. The lowest BCUT2D eigenvalue weighted by Crippen LogP contribution is -2.45. The maximum Gasteiger partial charge on any atom is 0.408 e. The second-order valence-corrected chi connectivity index (χ2v) is 8.60. The molecule has 31 heavy (non-hydrogen) atoms. The third kappa shape index (κ3) is 7.49. The molecule has 8 heteroatoms. The number of alkyl carbamates (subject to hydrolysis) is 1. The summed E-state index contributed by atoms with van der Waals surface area (Å²) in [5, 5.41) is 14.9. The van der Waals surface area contributed by atoms with Crippen molar-refractivity contribution in [2.45, 2.75) is 39.3 Å². The highest BCUT2D eigenvalue weighted by Gasteiger charge is 2.23. The van der Waals surface area contributed by atoms with Gasteiger partial charge in [0, 0.05) is 12.8 Å². The number of benzene rings is 2. The van der Waals surface area contributed by atoms with Gasteiger partial charge in [-0.05, 0) is 17.0 Å². The summed E-state index contributed by atoms with van der Waals surface area (Å²) in [7, 11) is 0. The number of ether oxygens (including phenoxy) is 1. The van der Waals surface area contributed by atoms with Gasteiger partial charge in [0.25, 0.3) is 0 Å². The van der Waals surface area contributed by atoms with Gasteiger partial charge < -0.3 is 10.1 Å². The molecule has 7 nitrogen and oxygen atoms in total. The number of hydrogen-bond donors (Lipinski definition) is 2. The minimum absolute atomic E-state index is 0.126. The molecule has 1 heterocycles. The molecule has 2 aromatic carbocycles. The second kappa shape index (κ2) is 11.2. The van der Waals surface area contributed by atoms with Gasteiger partial charge in [0.1, 0.15) is 17.7 Å². The second-order valence-electron chi connectivity index (χ2n) is 7.54. The van der Waals surface area contributed by atoms with E-state index in [2.05, 4.69) is 34.7 Å². The van der Waals surface area contributed by atoms with Gasteiger partial charge in [0.05, 0.1) is 0 Å². The lowest BCUT2D eigenvalue weighted by molar-refractivity contribution is -0.118. The monoisotopic (exact) mass is 438 g/mol. The van der Waals surface area contributed by atoms with Crippen molar-refractivity contribution in [2.24, 2.45) is 5.92 Å². The molecule has 1 atom stereocenters. The summed E-state index contributed by atoms with van der Waals surface area (Å²) in [4.78, 5) is 25.3. The number of amides is 2. The fourth-order valence-electron chi connectivity index (χ4n) is 2.89. The number of carbonyl (C=O) groups excluding carboxylic acids is 2. The molecule has 0 aliphatic rings. The molecule has 3 rings (SSSR count). The Hall–Kier alpha value is -3.26. The van der Waals surface area contributed by atoms with Crippen molar-refractivity contribution in [3.8, 4) is 0 Å². The van der Waals surface area contributed by atoms with Gasteiger partial charge in [0.15, 0.2) is 0 Å². The average Bonchev–Trinajstić information content (AvgIpc) is 3.19. The van der Waals surface area contributed by atoms with Gasteiger partial charge in [-0.15, -0.1) is 10.2 Å². The predicted molar refractivity (Wildman–Crippen MR) is 121 cm³/mol. The minimum atomic E-state index is -0.817. The third-order valence-electron chi connectivity index (χ3n) is 4.38. The van der Waals surface area contributed by atoms with E-state index in [-0.39, 0.29) is 12.5 Å². The first-order chi connectivity index (χ1) is 15.0. The summed E-state index contributed by atoms with van der Waals surface area (Å²) in [6.07, 6.45) is 0.466. The van der Waals surface area contributed by atoms with Crippen LogP contribution < -0.4 is 10.6 Å². The van der Waals surface area contributed by atoms with Crippen LogP contribution in [0.5, 0.6) is 0 Å². The summed E-state index contributed by atoms with van der Waals surface area (Å²) < 4.78 is 5.29. The van der Waals surface area contributed by atoms with Crippen LogP contribution in [0.25, 0.3) is 0 Å². The lowest BCUT2D eigenvalue weighted by Gasteiger charge is -2.17. The number of rotatable bonds is 9. The first kappa shape index (κ1) is 22.4. The van der Waals surface area contributed by atoms with E-state index in [1.54, 1.807) is 0 Å². The molecule has 162 valence electrons. The SMILES string of the molecule is CC(C)Cc1nnc(NC(=O)[C@H](Cc2ccccc2)NC(=O)OCc2ccccc2)s1. The Morgan fingerprint density at radius 2 is 1.58 bits per heavy atom. The van der Waals surface area contributed by atoms with Crippen molar-refractivity contribution in [3.63, 3.8) is 0 Å². The fraction of sp³-hybridized carbons (Fsp3) is 0.304. The van der Waals surface area contributed by atoms with Gasteiger partial charge >= 0.3 is 6.09 Å². The van der Waals surface area contributed by atoms with E-state index in [0.29, 0.717) is 17.5 Å². The van der Waals surface area contributed by atoms with E-state index in [1.807, 2.05) is 60.7 Å². The van der Waals surface area contributed by atoms with Crippen LogP contribution in [-0.4, -0.2) is 28.2 Å². The molecule has 0 unspecified atom stereocenters. The molecule has 2 amide bonds. The minimum Gasteiger partial charge on any atom is -0.445 e. The van der Waals surface area contributed by atoms with Crippen molar-refractivity contribution < 1.29 is 14.3 Å². The van der Waals surface area contributed by atoms with E-state index >= 15 is 0 Å². The number of nitrogens with one attached hydrogen (secondary N) is 2. The molecule has 0 radical (unpaired) electrons. The Balaban J connectivity index is 1.64. The Labute approximate surface area is 185 Å². The van der Waals surface area contributed by atoms with E-state index in [0.717, 1.165) is 22.6 Å². The van der Waals surface area contributed by atoms with E-state index in [9.17, 15) is 9.59 Å². The number of hydrogen-bond acceptors (Lipinski definition) is 6. The smallest absolute Gasteiger partial charge is 0.408 e. The highest BCUT2D eigenvalue weighted by molar-refractivity contribution is 7.15. The Morgan fingerprint density at radius 1 is 0.935 bits per heavy atom. The van der Waals surface area contributed by atoms with E-state index < -0.39 is 12.1 Å². The summed E-state index contributed by atoms with van der Waals surface area (Å²) in [6, 6.07) is 18.0. The van der Waals surface area contributed by atoms with Crippen LogP contribution >= 0.6 is 11.3 Å². The normalized spacial score (nSPS) is 11.7. The number of aromatic nitrogens is 2. The zero-order valence-corrected chi connectivity index (χ0v) is 18.4. The lowest BCUT2D eigenvalue weighted by atomic mass is 10.1. The van der Waals surface area contributed by atoms with Crippen LogP contribution in [0.1, 0.15) is 30.0 Å². The maximum absolute atomic E-state index is 12.9.